The van der Waals surface area contributed by atoms with Gasteiger partial charge in [0.15, 0.2) is 5.16 Å². The third kappa shape index (κ3) is 3.35. The van der Waals surface area contributed by atoms with E-state index in [-0.39, 0.29) is 5.56 Å². The molecule has 5 heteroatoms. The molecule has 0 bridgehead atoms. The maximum atomic E-state index is 11.2. The molecule has 0 amide bonds. The van der Waals surface area contributed by atoms with Crippen molar-refractivity contribution in [1.82, 2.24) is 15.3 Å². The van der Waals surface area contributed by atoms with Crippen molar-refractivity contribution in [2.45, 2.75) is 37.4 Å². The van der Waals surface area contributed by atoms with Crippen molar-refractivity contribution in [3.8, 4) is 0 Å². The van der Waals surface area contributed by atoms with Gasteiger partial charge in [0.05, 0.1) is 0 Å². The zero-order valence-corrected chi connectivity index (χ0v) is 10.3. The van der Waals surface area contributed by atoms with Crippen LogP contribution < -0.4 is 10.9 Å². The lowest BCUT2D eigenvalue weighted by molar-refractivity contribution is 0.429. The number of rotatable bonds is 3. The number of nitrogens with zero attached hydrogens (tertiary/aromatic N) is 1. The first-order valence-corrected chi connectivity index (χ1v) is 6.67. The first-order chi connectivity index (χ1) is 7.74. The second-order valence-electron chi connectivity index (χ2n) is 4.15. The highest BCUT2D eigenvalue weighted by Crippen LogP contribution is 2.17. The Kier molecular flexibility index (Phi) is 4.01. The van der Waals surface area contributed by atoms with E-state index in [0.29, 0.717) is 6.04 Å². The second-order valence-corrected chi connectivity index (χ2v) is 5.16. The normalized spacial score (nSPS) is 20.9. The van der Waals surface area contributed by atoms with Crippen LogP contribution in [0.1, 0.15) is 25.0 Å². The Morgan fingerprint density at radius 1 is 1.56 bits per heavy atom. The molecule has 0 aromatic carbocycles. The molecule has 4 nitrogen and oxygen atoms in total. The van der Waals surface area contributed by atoms with Crippen LogP contribution in [0.5, 0.6) is 0 Å². The van der Waals surface area contributed by atoms with Crippen LogP contribution in [-0.4, -0.2) is 28.3 Å². The van der Waals surface area contributed by atoms with Crippen molar-refractivity contribution in [1.29, 1.82) is 0 Å². The third-order valence-electron chi connectivity index (χ3n) is 2.68. The SMILES string of the molecule is Cc1cc(=O)[nH]c(SCC2CCCCN2)n1. The van der Waals surface area contributed by atoms with Gasteiger partial charge in [0.25, 0.3) is 5.56 Å². The molecule has 1 saturated heterocycles. The first-order valence-electron chi connectivity index (χ1n) is 5.68. The van der Waals surface area contributed by atoms with Gasteiger partial charge in [-0.25, -0.2) is 4.98 Å². The van der Waals surface area contributed by atoms with Crippen LogP contribution in [0.25, 0.3) is 0 Å². The summed E-state index contributed by atoms with van der Waals surface area (Å²) >= 11 is 1.63. The highest BCUT2D eigenvalue weighted by Gasteiger charge is 2.13. The number of thioether (sulfide) groups is 1. The molecule has 2 rings (SSSR count). The Balaban J connectivity index is 1.90. The minimum absolute atomic E-state index is 0.0633. The molecule has 1 aromatic rings. The molecule has 1 unspecified atom stereocenters. The molecule has 0 spiro atoms. The number of aromatic nitrogens is 2. The van der Waals surface area contributed by atoms with Crippen LogP contribution in [0.2, 0.25) is 0 Å². The fourth-order valence-electron chi connectivity index (χ4n) is 1.87. The minimum Gasteiger partial charge on any atom is -0.313 e. The molecule has 1 atom stereocenters. The number of hydrogen-bond acceptors (Lipinski definition) is 4. The van der Waals surface area contributed by atoms with Crippen molar-refractivity contribution in [3.63, 3.8) is 0 Å². The monoisotopic (exact) mass is 239 g/mol. The predicted molar refractivity (Wildman–Crippen MR) is 66.0 cm³/mol. The van der Waals surface area contributed by atoms with E-state index in [2.05, 4.69) is 15.3 Å². The first kappa shape index (κ1) is 11.7. The Bertz CT molecular complexity index is 398. The number of aryl methyl sites for hydroxylation is 1. The van der Waals surface area contributed by atoms with E-state index in [9.17, 15) is 4.79 Å². The lowest BCUT2D eigenvalue weighted by Gasteiger charge is -2.22. The lowest BCUT2D eigenvalue weighted by atomic mass is 10.1. The summed E-state index contributed by atoms with van der Waals surface area (Å²) in [6, 6.07) is 2.08. The molecule has 1 aliphatic heterocycles. The van der Waals surface area contributed by atoms with Crippen molar-refractivity contribution < 1.29 is 0 Å². The summed E-state index contributed by atoms with van der Waals surface area (Å²) in [6.45, 7) is 2.96. The van der Waals surface area contributed by atoms with Crippen LogP contribution in [0.3, 0.4) is 0 Å². The smallest absolute Gasteiger partial charge is 0.251 e. The molecule has 88 valence electrons. The fraction of sp³-hybridized carbons (Fsp3) is 0.636. The van der Waals surface area contributed by atoms with E-state index in [1.807, 2.05) is 6.92 Å². The molecular formula is C11H17N3OS. The average molecular weight is 239 g/mol. The van der Waals surface area contributed by atoms with Crippen LogP contribution >= 0.6 is 11.8 Å². The van der Waals surface area contributed by atoms with E-state index in [0.717, 1.165) is 23.1 Å². The molecule has 0 saturated carbocycles. The van der Waals surface area contributed by atoms with Crippen LogP contribution in [0, 0.1) is 6.92 Å². The average Bonchev–Trinajstić information content (AvgIpc) is 2.27. The summed E-state index contributed by atoms with van der Waals surface area (Å²) in [5, 5.41) is 4.21. The highest BCUT2D eigenvalue weighted by molar-refractivity contribution is 7.99. The van der Waals surface area contributed by atoms with Gasteiger partial charge >= 0.3 is 0 Å². The molecular weight excluding hydrogens is 222 g/mol. The van der Waals surface area contributed by atoms with Crippen LogP contribution in [0.15, 0.2) is 16.0 Å². The zero-order valence-electron chi connectivity index (χ0n) is 9.45. The summed E-state index contributed by atoms with van der Waals surface area (Å²) in [4.78, 5) is 18.3. The Labute approximate surface area is 99.3 Å². The van der Waals surface area contributed by atoms with Crippen molar-refractivity contribution >= 4 is 11.8 Å². The second kappa shape index (κ2) is 5.50. The van der Waals surface area contributed by atoms with E-state index in [4.69, 9.17) is 0 Å². The number of nitrogens with one attached hydrogen (secondary N) is 2. The molecule has 0 aliphatic carbocycles. The lowest BCUT2D eigenvalue weighted by Crippen LogP contribution is -2.35. The summed E-state index contributed by atoms with van der Waals surface area (Å²) in [6.07, 6.45) is 3.81. The molecule has 2 heterocycles. The molecule has 1 fully saturated rings. The number of H-pyrrole nitrogens is 1. The van der Waals surface area contributed by atoms with Gasteiger partial charge in [-0.1, -0.05) is 18.2 Å². The molecule has 1 aromatic heterocycles. The van der Waals surface area contributed by atoms with Gasteiger partial charge in [-0.3, -0.25) is 4.79 Å². The van der Waals surface area contributed by atoms with Gasteiger partial charge in [0, 0.05) is 23.6 Å². The molecule has 16 heavy (non-hydrogen) atoms. The standard InChI is InChI=1S/C11H17N3OS/c1-8-6-10(15)14-11(13-8)16-7-9-4-2-3-5-12-9/h6,9,12H,2-5,7H2,1H3,(H,13,14,15). The summed E-state index contributed by atoms with van der Waals surface area (Å²) in [7, 11) is 0. The predicted octanol–water partition coefficient (Wildman–Crippen LogP) is 1.31. The van der Waals surface area contributed by atoms with Crippen molar-refractivity contribution in [2.75, 3.05) is 12.3 Å². The maximum Gasteiger partial charge on any atom is 0.251 e. The largest absolute Gasteiger partial charge is 0.313 e. The van der Waals surface area contributed by atoms with E-state index >= 15 is 0 Å². The van der Waals surface area contributed by atoms with E-state index in [1.165, 1.54) is 25.3 Å². The van der Waals surface area contributed by atoms with Gasteiger partial charge < -0.3 is 10.3 Å². The van der Waals surface area contributed by atoms with Gasteiger partial charge in [0.2, 0.25) is 0 Å². The summed E-state index contributed by atoms with van der Waals surface area (Å²) in [5.41, 5.74) is 0.717. The minimum atomic E-state index is -0.0633. The Morgan fingerprint density at radius 3 is 3.12 bits per heavy atom. The third-order valence-corrected chi connectivity index (χ3v) is 3.72. The molecule has 1 aliphatic rings. The number of hydrogen-bond donors (Lipinski definition) is 2. The van der Waals surface area contributed by atoms with Crippen molar-refractivity contribution in [2.24, 2.45) is 0 Å². The van der Waals surface area contributed by atoms with Crippen molar-refractivity contribution in [3.05, 3.63) is 22.1 Å². The van der Waals surface area contributed by atoms with Crippen LogP contribution in [0.4, 0.5) is 0 Å². The quantitative estimate of drug-likeness (QED) is 0.617. The summed E-state index contributed by atoms with van der Waals surface area (Å²) in [5.74, 6) is 0.979. The van der Waals surface area contributed by atoms with E-state index < -0.39 is 0 Å². The maximum absolute atomic E-state index is 11.2. The highest BCUT2D eigenvalue weighted by atomic mass is 32.2. The number of piperidine rings is 1. The van der Waals surface area contributed by atoms with Crippen LogP contribution in [-0.2, 0) is 0 Å². The van der Waals surface area contributed by atoms with Gasteiger partial charge in [-0.2, -0.15) is 0 Å². The summed E-state index contributed by atoms with van der Waals surface area (Å²) < 4.78 is 0. The zero-order chi connectivity index (χ0) is 11.4. The fourth-order valence-corrected chi connectivity index (χ4v) is 2.89. The van der Waals surface area contributed by atoms with Gasteiger partial charge in [-0.15, -0.1) is 0 Å². The Morgan fingerprint density at radius 2 is 2.44 bits per heavy atom. The van der Waals surface area contributed by atoms with Gasteiger partial charge in [0.1, 0.15) is 0 Å². The molecule has 0 radical (unpaired) electrons. The number of aromatic amines is 1. The topological polar surface area (TPSA) is 57.8 Å². The van der Waals surface area contributed by atoms with E-state index in [1.54, 1.807) is 11.8 Å². The Hall–Kier alpha value is -0.810. The van der Waals surface area contributed by atoms with Gasteiger partial charge in [-0.05, 0) is 26.3 Å². The molecule has 2 N–H and O–H groups in total.